The first-order valence-electron chi connectivity index (χ1n) is 2.58. The van der Waals surface area contributed by atoms with Crippen molar-refractivity contribution >= 4 is 16.1 Å². The summed E-state index contributed by atoms with van der Waals surface area (Å²) in [4.78, 5) is 10.3. The zero-order chi connectivity index (χ0) is 8.91. The number of ether oxygens (including phenoxy) is 1. The predicted octanol–water partition coefficient (Wildman–Crippen LogP) is -0.351. The number of methoxy groups -OCH3 is 1. The molecule has 0 aromatic carbocycles. The normalized spacial score (nSPS) is 11.8. The van der Waals surface area contributed by atoms with Crippen LogP contribution >= 0.6 is 0 Å². The van der Waals surface area contributed by atoms with Gasteiger partial charge in [0.25, 0.3) is 10.1 Å². The smallest absolute Gasteiger partial charge is 0.331 e. The lowest BCUT2D eigenvalue weighted by Crippen LogP contribution is -2.00. The summed E-state index contributed by atoms with van der Waals surface area (Å²) in [5, 5.41) is 0.624. The molecule has 0 atom stereocenters. The van der Waals surface area contributed by atoms with Gasteiger partial charge < -0.3 is 4.74 Å². The Morgan fingerprint density at radius 3 is 2.27 bits per heavy atom. The van der Waals surface area contributed by atoms with Crippen molar-refractivity contribution in [3.8, 4) is 0 Å². The molecule has 0 N–H and O–H groups in total. The van der Waals surface area contributed by atoms with E-state index >= 15 is 0 Å². The van der Waals surface area contributed by atoms with E-state index in [2.05, 4.69) is 8.92 Å². The summed E-state index contributed by atoms with van der Waals surface area (Å²) in [6.45, 7) is 0. The van der Waals surface area contributed by atoms with Crippen LogP contribution in [0.4, 0.5) is 0 Å². The monoisotopic (exact) mass is 180 g/mol. The Morgan fingerprint density at radius 1 is 1.36 bits per heavy atom. The third-order valence-corrected chi connectivity index (χ3v) is 1.74. The fourth-order valence-electron chi connectivity index (χ4n) is 0.262. The Kier molecular flexibility index (Phi) is 3.77. The van der Waals surface area contributed by atoms with Gasteiger partial charge in [-0.1, -0.05) is 0 Å². The molecule has 0 aromatic rings. The molecule has 6 heteroatoms. The number of rotatable bonds is 3. The lowest BCUT2D eigenvalue weighted by atomic mass is 10.7. The Labute approximate surface area is 64.7 Å². The van der Waals surface area contributed by atoms with E-state index in [1.807, 2.05) is 0 Å². The highest BCUT2D eigenvalue weighted by atomic mass is 32.2. The molecule has 0 heterocycles. The van der Waals surface area contributed by atoms with Gasteiger partial charge in [0.1, 0.15) is 0 Å². The van der Waals surface area contributed by atoms with Gasteiger partial charge in [-0.05, 0) is 0 Å². The van der Waals surface area contributed by atoms with Crippen molar-refractivity contribution in [2.24, 2.45) is 0 Å². The summed E-state index contributed by atoms with van der Waals surface area (Å²) in [6.07, 6.45) is 0.763. The molecule has 0 bridgehead atoms. The number of esters is 1. The summed E-state index contributed by atoms with van der Waals surface area (Å²) in [5.74, 6) is -0.745. The zero-order valence-corrected chi connectivity index (χ0v) is 6.92. The molecule has 0 spiro atoms. The van der Waals surface area contributed by atoms with E-state index in [4.69, 9.17) is 0 Å². The van der Waals surface area contributed by atoms with E-state index in [1.165, 1.54) is 0 Å². The van der Waals surface area contributed by atoms with Gasteiger partial charge in [-0.25, -0.2) is 4.79 Å². The number of carbonyl (C=O) groups excluding carboxylic acids is 1. The van der Waals surface area contributed by atoms with Gasteiger partial charge in [0.15, 0.2) is 0 Å². The van der Waals surface area contributed by atoms with Gasteiger partial charge in [-0.3, -0.25) is 4.18 Å². The highest BCUT2D eigenvalue weighted by Crippen LogP contribution is 1.92. The fraction of sp³-hybridized carbons (Fsp3) is 0.400. The molecule has 0 aliphatic heterocycles. The maximum absolute atomic E-state index is 10.5. The molecule has 0 saturated heterocycles. The second-order valence-electron chi connectivity index (χ2n) is 1.49. The number of hydrogen-bond acceptors (Lipinski definition) is 5. The van der Waals surface area contributed by atoms with Crippen LogP contribution in [0.15, 0.2) is 11.5 Å². The summed E-state index contributed by atoms with van der Waals surface area (Å²) in [7, 11) is -1.56. The van der Waals surface area contributed by atoms with Crippen LogP contribution in [0.2, 0.25) is 0 Å². The predicted molar refractivity (Wildman–Crippen MR) is 37.1 cm³/mol. The average Bonchev–Trinajstić information content (AvgIpc) is 2.00. The minimum absolute atomic E-state index is 0.624. The first-order valence-corrected chi connectivity index (χ1v) is 4.05. The molecule has 0 aliphatic carbocycles. The third-order valence-electron chi connectivity index (χ3n) is 0.804. The number of carbonyl (C=O) groups is 1. The Morgan fingerprint density at radius 2 is 1.91 bits per heavy atom. The third kappa shape index (κ3) is 4.51. The van der Waals surface area contributed by atoms with Crippen molar-refractivity contribution in [3.63, 3.8) is 0 Å². The second-order valence-corrected chi connectivity index (χ2v) is 3.08. The molecule has 11 heavy (non-hydrogen) atoms. The summed E-state index contributed by atoms with van der Waals surface area (Å²) in [6, 6.07) is 0. The van der Waals surface area contributed by atoms with E-state index in [9.17, 15) is 13.2 Å². The van der Waals surface area contributed by atoms with Crippen LogP contribution in [-0.2, 0) is 23.8 Å². The molecular weight excluding hydrogens is 172 g/mol. The van der Waals surface area contributed by atoms with Gasteiger partial charge in [-0.2, -0.15) is 8.42 Å². The van der Waals surface area contributed by atoms with Crippen molar-refractivity contribution in [3.05, 3.63) is 11.5 Å². The van der Waals surface area contributed by atoms with Crippen LogP contribution in [-0.4, -0.2) is 28.6 Å². The minimum atomic E-state index is -3.71. The standard InChI is InChI=1S/C5H8O5S/c1-9-5(6)3-4-11(7,8)10-2/h3-4H,1-2H3. The van der Waals surface area contributed by atoms with Crippen molar-refractivity contribution < 1.29 is 22.1 Å². The molecule has 0 unspecified atom stereocenters. The van der Waals surface area contributed by atoms with Crippen LogP contribution in [0.3, 0.4) is 0 Å². The summed E-state index contributed by atoms with van der Waals surface area (Å²) >= 11 is 0. The maximum Gasteiger partial charge on any atom is 0.331 e. The molecule has 0 radical (unpaired) electrons. The molecular formula is C5H8O5S. The van der Waals surface area contributed by atoms with Crippen molar-refractivity contribution in [1.82, 2.24) is 0 Å². The van der Waals surface area contributed by atoms with Crippen molar-refractivity contribution in [1.29, 1.82) is 0 Å². The van der Waals surface area contributed by atoms with Gasteiger partial charge in [0, 0.05) is 6.08 Å². The van der Waals surface area contributed by atoms with E-state index in [-0.39, 0.29) is 0 Å². The highest BCUT2D eigenvalue weighted by molar-refractivity contribution is 7.89. The van der Waals surface area contributed by atoms with Crippen LogP contribution in [0, 0.1) is 0 Å². The molecule has 0 fully saturated rings. The summed E-state index contributed by atoms with van der Waals surface area (Å²) in [5.41, 5.74) is 0. The molecule has 0 rings (SSSR count). The van der Waals surface area contributed by atoms with Gasteiger partial charge in [0.2, 0.25) is 0 Å². The van der Waals surface area contributed by atoms with E-state index in [0.717, 1.165) is 20.3 Å². The molecule has 0 aliphatic rings. The molecule has 64 valence electrons. The van der Waals surface area contributed by atoms with Gasteiger partial charge in [0.05, 0.1) is 19.6 Å². The van der Waals surface area contributed by atoms with Crippen LogP contribution in [0.5, 0.6) is 0 Å². The second kappa shape index (κ2) is 4.09. The van der Waals surface area contributed by atoms with Crippen LogP contribution < -0.4 is 0 Å². The first kappa shape index (κ1) is 10.1. The van der Waals surface area contributed by atoms with Crippen LogP contribution in [0.1, 0.15) is 0 Å². The van der Waals surface area contributed by atoms with E-state index < -0.39 is 16.1 Å². The number of hydrogen-bond donors (Lipinski definition) is 0. The average molecular weight is 180 g/mol. The van der Waals surface area contributed by atoms with E-state index in [1.54, 1.807) is 0 Å². The van der Waals surface area contributed by atoms with Gasteiger partial charge >= 0.3 is 5.97 Å². The molecule has 0 aromatic heterocycles. The zero-order valence-electron chi connectivity index (χ0n) is 6.10. The van der Waals surface area contributed by atoms with E-state index in [0.29, 0.717) is 5.41 Å². The Hall–Kier alpha value is -0.880. The molecule has 5 nitrogen and oxygen atoms in total. The lowest BCUT2D eigenvalue weighted by Gasteiger charge is -1.91. The van der Waals surface area contributed by atoms with Crippen LogP contribution in [0.25, 0.3) is 0 Å². The lowest BCUT2D eigenvalue weighted by molar-refractivity contribution is -0.134. The van der Waals surface area contributed by atoms with Crippen molar-refractivity contribution in [2.75, 3.05) is 14.2 Å². The molecule has 0 amide bonds. The quantitative estimate of drug-likeness (QED) is 0.337. The Bertz CT molecular complexity index is 250. The maximum atomic E-state index is 10.5. The SMILES string of the molecule is COC(=O)C=CS(=O)(=O)OC. The Balaban J connectivity index is 4.26. The highest BCUT2D eigenvalue weighted by Gasteiger charge is 2.02. The summed E-state index contributed by atoms with van der Waals surface area (Å²) < 4.78 is 29.2. The largest absolute Gasteiger partial charge is 0.466 e. The fourth-order valence-corrected chi connectivity index (χ4v) is 0.651. The van der Waals surface area contributed by atoms with Crippen molar-refractivity contribution in [2.45, 2.75) is 0 Å². The minimum Gasteiger partial charge on any atom is -0.466 e. The first-order chi connectivity index (χ1) is 5.02. The van der Waals surface area contributed by atoms with Gasteiger partial charge in [-0.15, -0.1) is 0 Å². The molecule has 0 saturated carbocycles. The topological polar surface area (TPSA) is 69.7 Å².